The molecule has 0 aliphatic carbocycles. The number of carbonyl (C=O) groups is 1. The Balaban J connectivity index is 2.02. The second kappa shape index (κ2) is 6.44. The van der Waals surface area contributed by atoms with E-state index >= 15 is 0 Å². The number of hydrogen-bond acceptors (Lipinski definition) is 5. The molecule has 1 aromatic carbocycles. The second-order valence-corrected chi connectivity index (χ2v) is 4.79. The second-order valence-electron chi connectivity index (χ2n) is 4.35. The van der Waals surface area contributed by atoms with Gasteiger partial charge in [0.1, 0.15) is 6.54 Å². The molecule has 3 N–H and O–H groups in total. The van der Waals surface area contributed by atoms with E-state index in [1.54, 1.807) is 24.3 Å². The van der Waals surface area contributed by atoms with Crippen LogP contribution in [0.15, 0.2) is 24.3 Å². The van der Waals surface area contributed by atoms with Crippen LogP contribution in [-0.2, 0) is 11.3 Å². The molecule has 2 rings (SSSR count). The van der Waals surface area contributed by atoms with Crippen LogP contribution in [0.2, 0.25) is 5.02 Å². The summed E-state index contributed by atoms with van der Waals surface area (Å²) in [6.45, 7) is 2.21. The monoisotopic (exact) mass is 294 g/mol. The van der Waals surface area contributed by atoms with Gasteiger partial charge in [0, 0.05) is 23.2 Å². The van der Waals surface area contributed by atoms with E-state index in [1.165, 1.54) is 4.80 Å². The van der Waals surface area contributed by atoms with Gasteiger partial charge in [0.25, 0.3) is 0 Å². The number of nitrogens with zero attached hydrogens (tertiary/aromatic N) is 4. The quantitative estimate of drug-likeness (QED) is 0.834. The fourth-order valence-corrected chi connectivity index (χ4v) is 1.66. The lowest BCUT2D eigenvalue weighted by molar-refractivity contribution is -0.122. The number of carbonyl (C=O) groups excluding carboxylic acids is 1. The van der Waals surface area contributed by atoms with Crippen molar-refractivity contribution < 1.29 is 4.79 Å². The Labute approximate surface area is 121 Å². The molecule has 0 aliphatic heterocycles. The van der Waals surface area contributed by atoms with E-state index in [0.717, 1.165) is 5.56 Å². The molecular formula is C12H15ClN6O. The third-order valence-corrected chi connectivity index (χ3v) is 2.85. The SMILES string of the molecule is C[C@@H](CN)NC(=O)Cn1nnc(-c2ccc(Cl)cc2)n1. The summed E-state index contributed by atoms with van der Waals surface area (Å²) < 4.78 is 0. The standard InChI is InChI=1S/C12H15ClN6O/c1-8(6-14)15-11(20)7-19-17-12(16-18-19)9-2-4-10(13)5-3-9/h2-5,8H,6-7,14H2,1H3,(H,15,20)/t8-/m0/s1. The van der Waals surface area contributed by atoms with Crippen LogP contribution in [0.25, 0.3) is 11.4 Å². The van der Waals surface area contributed by atoms with Gasteiger partial charge in [-0.25, -0.2) is 0 Å². The Morgan fingerprint density at radius 3 is 2.80 bits per heavy atom. The van der Waals surface area contributed by atoms with Crippen LogP contribution >= 0.6 is 11.6 Å². The molecule has 1 heterocycles. The van der Waals surface area contributed by atoms with E-state index in [-0.39, 0.29) is 18.5 Å². The third kappa shape index (κ3) is 3.75. The summed E-state index contributed by atoms with van der Waals surface area (Å²) in [5.74, 6) is 0.240. The highest BCUT2D eigenvalue weighted by molar-refractivity contribution is 6.30. The number of nitrogens with one attached hydrogen (secondary N) is 1. The summed E-state index contributed by atoms with van der Waals surface area (Å²) in [7, 11) is 0. The van der Waals surface area contributed by atoms with Gasteiger partial charge in [0.05, 0.1) is 0 Å². The van der Waals surface area contributed by atoms with Gasteiger partial charge in [-0.15, -0.1) is 10.2 Å². The molecule has 2 aromatic rings. The summed E-state index contributed by atoms with van der Waals surface area (Å²) in [6, 6.07) is 6.99. The molecule has 0 unspecified atom stereocenters. The van der Waals surface area contributed by atoms with Crippen molar-refractivity contribution in [1.29, 1.82) is 0 Å². The van der Waals surface area contributed by atoms with Crippen molar-refractivity contribution >= 4 is 17.5 Å². The minimum atomic E-state index is -0.206. The van der Waals surface area contributed by atoms with Gasteiger partial charge in [0.15, 0.2) is 0 Å². The Morgan fingerprint density at radius 1 is 1.45 bits per heavy atom. The highest BCUT2D eigenvalue weighted by Crippen LogP contribution is 2.16. The lowest BCUT2D eigenvalue weighted by Crippen LogP contribution is -2.39. The van der Waals surface area contributed by atoms with E-state index in [9.17, 15) is 4.79 Å². The van der Waals surface area contributed by atoms with Crippen LogP contribution in [0.3, 0.4) is 0 Å². The average molecular weight is 295 g/mol. The summed E-state index contributed by atoms with van der Waals surface area (Å²) in [5.41, 5.74) is 6.22. The smallest absolute Gasteiger partial charge is 0.243 e. The van der Waals surface area contributed by atoms with Crippen LogP contribution < -0.4 is 11.1 Å². The van der Waals surface area contributed by atoms with Crippen molar-refractivity contribution in [3.8, 4) is 11.4 Å². The molecular weight excluding hydrogens is 280 g/mol. The molecule has 1 aromatic heterocycles. The van der Waals surface area contributed by atoms with Gasteiger partial charge in [-0.2, -0.15) is 4.80 Å². The van der Waals surface area contributed by atoms with Crippen LogP contribution in [-0.4, -0.2) is 38.7 Å². The predicted molar refractivity (Wildman–Crippen MR) is 74.9 cm³/mol. The van der Waals surface area contributed by atoms with Gasteiger partial charge in [-0.05, 0) is 36.4 Å². The zero-order valence-electron chi connectivity index (χ0n) is 11.0. The highest BCUT2D eigenvalue weighted by atomic mass is 35.5. The van der Waals surface area contributed by atoms with Gasteiger partial charge >= 0.3 is 0 Å². The fourth-order valence-electron chi connectivity index (χ4n) is 1.53. The van der Waals surface area contributed by atoms with E-state index < -0.39 is 0 Å². The van der Waals surface area contributed by atoms with E-state index in [4.69, 9.17) is 17.3 Å². The summed E-state index contributed by atoms with van der Waals surface area (Å²) in [6.07, 6.45) is 0. The number of hydrogen-bond donors (Lipinski definition) is 2. The number of nitrogens with two attached hydrogens (primary N) is 1. The number of benzene rings is 1. The zero-order chi connectivity index (χ0) is 14.5. The number of tetrazole rings is 1. The molecule has 0 aliphatic rings. The van der Waals surface area contributed by atoms with E-state index in [0.29, 0.717) is 17.4 Å². The van der Waals surface area contributed by atoms with E-state index in [2.05, 4.69) is 20.7 Å². The number of amides is 1. The van der Waals surface area contributed by atoms with Crippen LogP contribution in [0.4, 0.5) is 0 Å². The van der Waals surface area contributed by atoms with Crippen molar-refractivity contribution in [3.63, 3.8) is 0 Å². The Kier molecular flexibility index (Phi) is 4.65. The molecule has 106 valence electrons. The minimum absolute atomic E-state index is 0.00489. The van der Waals surface area contributed by atoms with Crippen molar-refractivity contribution in [3.05, 3.63) is 29.3 Å². The highest BCUT2D eigenvalue weighted by Gasteiger charge is 2.10. The van der Waals surface area contributed by atoms with Crippen molar-refractivity contribution in [2.75, 3.05) is 6.54 Å². The maximum Gasteiger partial charge on any atom is 0.243 e. The lowest BCUT2D eigenvalue weighted by Gasteiger charge is -2.10. The van der Waals surface area contributed by atoms with Crippen molar-refractivity contribution in [2.24, 2.45) is 5.73 Å². The van der Waals surface area contributed by atoms with Crippen LogP contribution in [0.5, 0.6) is 0 Å². The Hall–Kier alpha value is -1.99. The maximum absolute atomic E-state index is 11.7. The maximum atomic E-state index is 11.7. The molecule has 0 radical (unpaired) electrons. The first-order chi connectivity index (χ1) is 9.58. The summed E-state index contributed by atoms with van der Waals surface area (Å²) in [4.78, 5) is 12.9. The van der Waals surface area contributed by atoms with Crippen LogP contribution in [0.1, 0.15) is 6.92 Å². The number of rotatable bonds is 5. The zero-order valence-corrected chi connectivity index (χ0v) is 11.7. The number of aromatic nitrogens is 4. The first kappa shape index (κ1) is 14.4. The largest absolute Gasteiger partial charge is 0.351 e. The third-order valence-electron chi connectivity index (χ3n) is 2.60. The number of halogens is 1. The molecule has 0 fully saturated rings. The molecule has 0 bridgehead atoms. The van der Waals surface area contributed by atoms with Crippen molar-refractivity contribution in [2.45, 2.75) is 19.5 Å². The van der Waals surface area contributed by atoms with Gasteiger partial charge in [0.2, 0.25) is 11.7 Å². The van der Waals surface area contributed by atoms with Gasteiger partial charge in [-0.1, -0.05) is 11.6 Å². The molecule has 1 amide bonds. The topological polar surface area (TPSA) is 98.7 Å². The molecule has 7 nitrogen and oxygen atoms in total. The minimum Gasteiger partial charge on any atom is -0.351 e. The normalized spacial score (nSPS) is 12.2. The first-order valence-corrected chi connectivity index (χ1v) is 6.49. The van der Waals surface area contributed by atoms with E-state index in [1.807, 2.05) is 6.92 Å². The fraction of sp³-hybridized carbons (Fsp3) is 0.333. The molecule has 1 atom stereocenters. The average Bonchev–Trinajstić information content (AvgIpc) is 2.87. The Morgan fingerprint density at radius 2 is 2.15 bits per heavy atom. The predicted octanol–water partition coefficient (Wildman–Crippen LogP) is 0.457. The van der Waals surface area contributed by atoms with Crippen molar-refractivity contribution in [1.82, 2.24) is 25.5 Å². The van der Waals surface area contributed by atoms with Gasteiger partial charge < -0.3 is 11.1 Å². The molecule has 0 spiro atoms. The Bertz CT molecular complexity index is 582. The van der Waals surface area contributed by atoms with Crippen LogP contribution in [0, 0.1) is 0 Å². The molecule has 20 heavy (non-hydrogen) atoms. The lowest BCUT2D eigenvalue weighted by atomic mass is 10.2. The molecule has 0 saturated carbocycles. The first-order valence-electron chi connectivity index (χ1n) is 6.11. The summed E-state index contributed by atoms with van der Waals surface area (Å²) >= 11 is 5.81. The van der Waals surface area contributed by atoms with Gasteiger partial charge in [-0.3, -0.25) is 4.79 Å². The summed E-state index contributed by atoms with van der Waals surface area (Å²) in [5, 5.41) is 15.2. The molecule has 0 saturated heterocycles. The molecule has 8 heteroatoms.